The Morgan fingerprint density at radius 3 is 2.14 bits per heavy atom. The highest BCUT2D eigenvalue weighted by atomic mass is 16.6. The molecule has 21 heavy (non-hydrogen) atoms. The van der Waals surface area contributed by atoms with Crippen molar-refractivity contribution in [2.24, 2.45) is 11.8 Å². The van der Waals surface area contributed by atoms with E-state index in [0.717, 1.165) is 6.42 Å². The first-order valence-corrected chi connectivity index (χ1v) is 7.36. The molecule has 4 nitrogen and oxygen atoms in total. The second-order valence-electron chi connectivity index (χ2n) is 6.41. The van der Waals surface area contributed by atoms with Gasteiger partial charge in [0.25, 0.3) is 0 Å². The van der Waals surface area contributed by atoms with Gasteiger partial charge in [-0.2, -0.15) is 0 Å². The van der Waals surface area contributed by atoms with Crippen molar-refractivity contribution < 1.29 is 19.1 Å². The zero-order valence-electron chi connectivity index (χ0n) is 12.8. The summed E-state index contributed by atoms with van der Waals surface area (Å²) in [5, 5.41) is 0. The van der Waals surface area contributed by atoms with Crippen LogP contribution in [0.5, 0.6) is 5.75 Å². The van der Waals surface area contributed by atoms with E-state index in [-0.39, 0.29) is 17.9 Å². The largest absolute Gasteiger partial charge is 0.460 e. The summed E-state index contributed by atoms with van der Waals surface area (Å²) in [5.74, 6) is -0.914. The van der Waals surface area contributed by atoms with Crippen molar-refractivity contribution in [2.45, 2.75) is 45.6 Å². The van der Waals surface area contributed by atoms with E-state index in [1.54, 1.807) is 12.1 Å². The third-order valence-electron chi connectivity index (χ3n) is 3.49. The van der Waals surface area contributed by atoms with Crippen LogP contribution in [0.4, 0.5) is 0 Å². The molecular formula is C17H22O4. The molecule has 1 aliphatic rings. The van der Waals surface area contributed by atoms with Crippen LogP contribution >= 0.6 is 0 Å². The zero-order valence-corrected chi connectivity index (χ0v) is 12.8. The summed E-state index contributed by atoms with van der Waals surface area (Å²) in [4.78, 5) is 24.5. The molecule has 1 fully saturated rings. The summed E-state index contributed by atoms with van der Waals surface area (Å²) in [6, 6.07) is 8.94. The lowest BCUT2D eigenvalue weighted by molar-refractivity contribution is -0.164. The topological polar surface area (TPSA) is 52.6 Å². The van der Waals surface area contributed by atoms with Crippen molar-refractivity contribution in [3.8, 4) is 5.75 Å². The Balaban J connectivity index is 2.01. The summed E-state index contributed by atoms with van der Waals surface area (Å²) in [5.41, 5.74) is -0.534. The lowest BCUT2D eigenvalue weighted by Crippen LogP contribution is -2.34. The first-order valence-electron chi connectivity index (χ1n) is 7.36. The van der Waals surface area contributed by atoms with Gasteiger partial charge in [-0.25, -0.2) is 0 Å². The maximum atomic E-state index is 12.3. The first kappa shape index (κ1) is 15.5. The number of carbonyl (C=O) groups excluding carboxylic acids is 2. The Morgan fingerprint density at radius 1 is 1.00 bits per heavy atom. The molecule has 1 saturated carbocycles. The maximum absolute atomic E-state index is 12.3. The molecule has 0 spiro atoms. The van der Waals surface area contributed by atoms with Gasteiger partial charge in [0, 0.05) is 0 Å². The maximum Gasteiger partial charge on any atom is 0.315 e. The van der Waals surface area contributed by atoms with Gasteiger partial charge < -0.3 is 9.47 Å². The van der Waals surface area contributed by atoms with Crippen LogP contribution in [0.1, 0.15) is 40.0 Å². The van der Waals surface area contributed by atoms with E-state index in [9.17, 15) is 9.59 Å². The second kappa shape index (κ2) is 6.29. The molecule has 1 aromatic rings. The van der Waals surface area contributed by atoms with Gasteiger partial charge in [0.15, 0.2) is 0 Å². The smallest absolute Gasteiger partial charge is 0.315 e. The number of hydrogen-bond donors (Lipinski definition) is 0. The highest BCUT2D eigenvalue weighted by molar-refractivity contribution is 5.84. The van der Waals surface area contributed by atoms with Gasteiger partial charge in [0.2, 0.25) is 0 Å². The minimum atomic E-state index is -0.534. The van der Waals surface area contributed by atoms with Crippen LogP contribution in [0.2, 0.25) is 0 Å². The average Bonchev–Trinajstić information content (AvgIpc) is 2.87. The van der Waals surface area contributed by atoms with E-state index in [2.05, 4.69) is 0 Å². The van der Waals surface area contributed by atoms with Crippen molar-refractivity contribution in [1.29, 1.82) is 0 Å². The minimum Gasteiger partial charge on any atom is -0.460 e. The molecule has 114 valence electrons. The van der Waals surface area contributed by atoms with Crippen molar-refractivity contribution >= 4 is 11.9 Å². The fourth-order valence-corrected chi connectivity index (χ4v) is 2.58. The normalized spacial score (nSPS) is 21.9. The van der Waals surface area contributed by atoms with Gasteiger partial charge in [-0.1, -0.05) is 24.6 Å². The van der Waals surface area contributed by atoms with Crippen LogP contribution in [0.15, 0.2) is 30.3 Å². The van der Waals surface area contributed by atoms with Crippen LogP contribution < -0.4 is 4.74 Å². The third-order valence-corrected chi connectivity index (χ3v) is 3.49. The molecule has 2 rings (SSSR count). The van der Waals surface area contributed by atoms with Crippen LogP contribution in [0.3, 0.4) is 0 Å². The summed E-state index contributed by atoms with van der Waals surface area (Å²) in [7, 11) is 0. The van der Waals surface area contributed by atoms with Gasteiger partial charge >= 0.3 is 11.9 Å². The van der Waals surface area contributed by atoms with Crippen molar-refractivity contribution in [3.05, 3.63) is 30.3 Å². The summed E-state index contributed by atoms with van der Waals surface area (Å²) < 4.78 is 10.8. The van der Waals surface area contributed by atoms with Crippen LogP contribution in [-0.2, 0) is 14.3 Å². The Morgan fingerprint density at radius 2 is 1.57 bits per heavy atom. The van der Waals surface area contributed by atoms with E-state index in [0.29, 0.717) is 18.6 Å². The van der Waals surface area contributed by atoms with E-state index in [1.165, 1.54) is 0 Å². The number of hydrogen-bond acceptors (Lipinski definition) is 4. The highest BCUT2D eigenvalue weighted by Crippen LogP contribution is 2.34. The molecule has 0 radical (unpaired) electrons. The fourth-order valence-electron chi connectivity index (χ4n) is 2.58. The number of esters is 2. The molecule has 1 aromatic carbocycles. The number of rotatable bonds is 3. The second-order valence-corrected chi connectivity index (χ2v) is 6.41. The molecule has 0 N–H and O–H groups in total. The van der Waals surface area contributed by atoms with Gasteiger partial charge in [-0.05, 0) is 45.7 Å². The molecule has 0 aliphatic heterocycles. The summed E-state index contributed by atoms with van der Waals surface area (Å²) in [6.07, 6.45) is 2.21. The molecule has 0 heterocycles. The van der Waals surface area contributed by atoms with Crippen LogP contribution in [0.25, 0.3) is 0 Å². The molecule has 0 unspecified atom stereocenters. The average molecular weight is 290 g/mol. The zero-order chi connectivity index (χ0) is 15.5. The van der Waals surface area contributed by atoms with E-state index in [4.69, 9.17) is 9.47 Å². The number of carbonyl (C=O) groups is 2. The van der Waals surface area contributed by atoms with Gasteiger partial charge in [-0.15, -0.1) is 0 Å². The van der Waals surface area contributed by atoms with Crippen molar-refractivity contribution in [3.63, 3.8) is 0 Å². The molecule has 0 aromatic heterocycles. The molecule has 0 saturated heterocycles. The van der Waals surface area contributed by atoms with Gasteiger partial charge in [0.1, 0.15) is 11.4 Å². The van der Waals surface area contributed by atoms with Crippen LogP contribution in [0, 0.1) is 11.8 Å². The van der Waals surface area contributed by atoms with Crippen LogP contribution in [-0.4, -0.2) is 17.5 Å². The number of ether oxygens (including phenoxy) is 2. The van der Waals surface area contributed by atoms with Crippen molar-refractivity contribution in [1.82, 2.24) is 0 Å². The predicted octanol–water partition coefficient (Wildman–Crippen LogP) is 3.35. The Bertz CT molecular complexity index is 501. The summed E-state index contributed by atoms with van der Waals surface area (Å²) in [6.45, 7) is 5.49. The molecular weight excluding hydrogens is 268 g/mol. The lowest BCUT2D eigenvalue weighted by atomic mass is 9.96. The molecule has 0 amide bonds. The number of para-hydroxylation sites is 1. The van der Waals surface area contributed by atoms with Gasteiger partial charge in [-0.3, -0.25) is 9.59 Å². The quantitative estimate of drug-likeness (QED) is 0.633. The molecule has 0 bridgehead atoms. The van der Waals surface area contributed by atoms with E-state index < -0.39 is 11.5 Å². The first-order chi connectivity index (χ1) is 9.87. The molecule has 4 heteroatoms. The standard InChI is InChI=1S/C17H22O4/c1-17(2,3)21-16(19)14-11-7-10-13(14)15(18)20-12-8-5-4-6-9-12/h4-6,8-9,13-14H,7,10-11H2,1-3H3/t13-,14-/m0/s1. The molecule has 1 aliphatic carbocycles. The van der Waals surface area contributed by atoms with Crippen molar-refractivity contribution in [2.75, 3.05) is 0 Å². The summed E-state index contributed by atoms with van der Waals surface area (Å²) >= 11 is 0. The van der Waals surface area contributed by atoms with Gasteiger partial charge in [0.05, 0.1) is 11.8 Å². The van der Waals surface area contributed by atoms with E-state index >= 15 is 0 Å². The number of benzene rings is 1. The van der Waals surface area contributed by atoms with E-state index in [1.807, 2.05) is 39.0 Å². The monoisotopic (exact) mass is 290 g/mol. The predicted molar refractivity (Wildman–Crippen MR) is 78.8 cm³/mol. The lowest BCUT2D eigenvalue weighted by Gasteiger charge is -2.24. The molecule has 2 atom stereocenters. The Kier molecular flexibility index (Phi) is 4.66. The Labute approximate surface area is 125 Å². The Hall–Kier alpha value is -1.84. The fraction of sp³-hybridized carbons (Fsp3) is 0.529. The minimum absolute atomic E-state index is 0.296. The SMILES string of the molecule is CC(C)(C)OC(=O)[C@H]1CCC[C@@H]1C(=O)Oc1ccccc1. The third kappa shape index (κ3) is 4.31. The highest BCUT2D eigenvalue weighted by Gasteiger charge is 2.41.